The van der Waals surface area contributed by atoms with Crippen molar-refractivity contribution in [1.82, 2.24) is 0 Å². The van der Waals surface area contributed by atoms with E-state index in [-0.39, 0.29) is 5.54 Å². The van der Waals surface area contributed by atoms with E-state index in [9.17, 15) is 0 Å². The summed E-state index contributed by atoms with van der Waals surface area (Å²) in [5.74, 6) is 0. The van der Waals surface area contributed by atoms with E-state index >= 15 is 0 Å². The quantitative estimate of drug-likeness (QED) is 0.798. The Kier molecular flexibility index (Phi) is 4.75. The largest absolute Gasteiger partial charge is 0.326 e. The lowest BCUT2D eigenvalue weighted by atomic mass is 10.00. The van der Waals surface area contributed by atoms with E-state index in [2.05, 4.69) is 57.2 Å². The molecule has 0 saturated carbocycles. The standard InChI is InChI=1S/C15H23N/c1-4-13-8-10-14(11-9-13)7-5-6-12-15(2,3)16/h5,7-11H,4,6,12,16H2,1-3H3/b7-5+. The maximum atomic E-state index is 5.92. The highest BCUT2D eigenvalue weighted by Crippen LogP contribution is 2.10. The molecule has 0 aromatic heterocycles. The van der Waals surface area contributed by atoms with Crippen LogP contribution in [0.5, 0.6) is 0 Å². The van der Waals surface area contributed by atoms with Gasteiger partial charge in [0.15, 0.2) is 0 Å². The molecule has 0 atom stereocenters. The van der Waals surface area contributed by atoms with Gasteiger partial charge in [0.05, 0.1) is 0 Å². The number of nitrogens with two attached hydrogens (primary N) is 1. The summed E-state index contributed by atoms with van der Waals surface area (Å²) in [4.78, 5) is 0. The molecule has 0 bridgehead atoms. The van der Waals surface area contributed by atoms with Crippen LogP contribution in [-0.4, -0.2) is 5.54 Å². The molecule has 0 radical (unpaired) electrons. The molecule has 1 rings (SSSR count). The van der Waals surface area contributed by atoms with Gasteiger partial charge in [0, 0.05) is 5.54 Å². The number of hydrogen-bond acceptors (Lipinski definition) is 1. The average molecular weight is 217 g/mol. The molecule has 2 N–H and O–H groups in total. The number of benzene rings is 1. The third-order valence-corrected chi connectivity index (χ3v) is 2.65. The molecule has 0 amide bonds. The van der Waals surface area contributed by atoms with Crippen LogP contribution in [0.2, 0.25) is 0 Å². The van der Waals surface area contributed by atoms with Crippen LogP contribution in [-0.2, 0) is 6.42 Å². The smallest absolute Gasteiger partial charge is 0.01000 e. The molecule has 0 unspecified atom stereocenters. The molecule has 16 heavy (non-hydrogen) atoms. The first-order valence-electron chi connectivity index (χ1n) is 6.05. The molecule has 88 valence electrons. The summed E-state index contributed by atoms with van der Waals surface area (Å²) in [6.07, 6.45) is 7.54. The van der Waals surface area contributed by atoms with Crippen LogP contribution in [0.15, 0.2) is 30.3 Å². The Bertz CT molecular complexity index is 327. The van der Waals surface area contributed by atoms with Crippen LogP contribution < -0.4 is 5.73 Å². The average Bonchev–Trinajstić information content (AvgIpc) is 2.24. The van der Waals surface area contributed by atoms with Gasteiger partial charge in [0.2, 0.25) is 0 Å². The normalized spacial score (nSPS) is 12.2. The van der Waals surface area contributed by atoms with Crippen molar-refractivity contribution in [2.24, 2.45) is 5.73 Å². The summed E-state index contributed by atoms with van der Waals surface area (Å²) < 4.78 is 0. The molecule has 0 saturated heterocycles. The van der Waals surface area contributed by atoms with Crippen molar-refractivity contribution in [1.29, 1.82) is 0 Å². The van der Waals surface area contributed by atoms with Gasteiger partial charge in [-0.15, -0.1) is 0 Å². The number of allylic oxidation sites excluding steroid dienone is 1. The SMILES string of the molecule is CCc1ccc(/C=C/CCC(C)(C)N)cc1. The van der Waals surface area contributed by atoms with Crippen LogP contribution >= 0.6 is 0 Å². The van der Waals surface area contributed by atoms with Gasteiger partial charge >= 0.3 is 0 Å². The minimum atomic E-state index is -0.0591. The van der Waals surface area contributed by atoms with Crippen molar-refractivity contribution >= 4 is 6.08 Å². The van der Waals surface area contributed by atoms with E-state index in [1.54, 1.807) is 0 Å². The Morgan fingerprint density at radius 3 is 2.31 bits per heavy atom. The number of hydrogen-bond donors (Lipinski definition) is 1. The Hall–Kier alpha value is -1.08. The summed E-state index contributed by atoms with van der Waals surface area (Å²) in [5.41, 5.74) is 8.52. The monoisotopic (exact) mass is 217 g/mol. The Balaban J connectivity index is 2.44. The predicted molar refractivity (Wildman–Crippen MR) is 72.4 cm³/mol. The van der Waals surface area contributed by atoms with E-state index in [1.165, 1.54) is 11.1 Å². The van der Waals surface area contributed by atoms with Crippen LogP contribution in [0.25, 0.3) is 6.08 Å². The third kappa shape index (κ3) is 5.13. The molecule has 1 aromatic rings. The zero-order valence-corrected chi connectivity index (χ0v) is 10.7. The molecule has 1 heteroatoms. The van der Waals surface area contributed by atoms with Crippen LogP contribution in [0, 0.1) is 0 Å². The number of aryl methyl sites for hydroxylation is 1. The molecule has 0 fully saturated rings. The van der Waals surface area contributed by atoms with Gasteiger partial charge in [-0.3, -0.25) is 0 Å². The second-order valence-corrected chi connectivity index (χ2v) is 5.02. The topological polar surface area (TPSA) is 26.0 Å². The zero-order chi connectivity index (χ0) is 12.0. The van der Waals surface area contributed by atoms with Crippen molar-refractivity contribution in [2.75, 3.05) is 0 Å². The first-order chi connectivity index (χ1) is 7.51. The van der Waals surface area contributed by atoms with Crippen LogP contribution in [0.4, 0.5) is 0 Å². The molecule has 0 aliphatic rings. The van der Waals surface area contributed by atoms with Gasteiger partial charge in [-0.1, -0.05) is 43.3 Å². The second-order valence-electron chi connectivity index (χ2n) is 5.02. The van der Waals surface area contributed by atoms with E-state index in [4.69, 9.17) is 5.73 Å². The first-order valence-corrected chi connectivity index (χ1v) is 6.05. The molecule has 0 aliphatic heterocycles. The molecular weight excluding hydrogens is 194 g/mol. The van der Waals surface area contributed by atoms with Crippen LogP contribution in [0.1, 0.15) is 44.7 Å². The van der Waals surface area contributed by atoms with Gasteiger partial charge in [-0.05, 0) is 44.2 Å². The summed E-state index contributed by atoms with van der Waals surface area (Å²) in [7, 11) is 0. The van der Waals surface area contributed by atoms with Crippen molar-refractivity contribution in [3.05, 3.63) is 41.5 Å². The van der Waals surface area contributed by atoms with E-state index in [0.29, 0.717) is 0 Å². The Labute approximate surface area is 99.4 Å². The van der Waals surface area contributed by atoms with Gasteiger partial charge in [0.1, 0.15) is 0 Å². The minimum absolute atomic E-state index is 0.0591. The highest BCUT2D eigenvalue weighted by molar-refractivity contribution is 5.49. The lowest BCUT2D eigenvalue weighted by Gasteiger charge is -2.16. The first kappa shape index (κ1) is 13.0. The maximum absolute atomic E-state index is 5.92. The van der Waals surface area contributed by atoms with Gasteiger partial charge < -0.3 is 5.73 Å². The van der Waals surface area contributed by atoms with Gasteiger partial charge in [-0.25, -0.2) is 0 Å². The lowest BCUT2D eigenvalue weighted by molar-refractivity contribution is 0.482. The molecule has 0 spiro atoms. The highest BCUT2D eigenvalue weighted by Gasteiger charge is 2.07. The van der Waals surface area contributed by atoms with Crippen LogP contribution in [0.3, 0.4) is 0 Å². The molecule has 1 nitrogen and oxygen atoms in total. The molecule has 0 aliphatic carbocycles. The Morgan fingerprint density at radius 1 is 1.19 bits per heavy atom. The second kappa shape index (κ2) is 5.86. The number of rotatable bonds is 5. The van der Waals surface area contributed by atoms with Crippen molar-refractivity contribution in [2.45, 2.75) is 45.6 Å². The summed E-state index contributed by atoms with van der Waals surface area (Å²) in [6.45, 7) is 6.31. The third-order valence-electron chi connectivity index (χ3n) is 2.65. The van der Waals surface area contributed by atoms with Gasteiger partial charge in [0.25, 0.3) is 0 Å². The fourth-order valence-electron chi connectivity index (χ4n) is 1.54. The summed E-state index contributed by atoms with van der Waals surface area (Å²) in [6, 6.07) is 8.71. The molecule has 0 heterocycles. The van der Waals surface area contributed by atoms with E-state index < -0.39 is 0 Å². The predicted octanol–water partition coefficient (Wildman–Crippen LogP) is 3.78. The fraction of sp³-hybridized carbons (Fsp3) is 0.467. The zero-order valence-electron chi connectivity index (χ0n) is 10.7. The van der Waals surface area contributed by atoms with Gasteiger partial charge in [-0.2, -0.15) is 0 Å². The van der Waals surface area contributed by atoms with E-state index in [0.717, 1.165) is 19.3 Å². The van der Waals surface area contributed by atoms with Crippen molar-refractivity contribution < 1.29 is 0 Å². The summed E-state index contributed by atoms with van der Waals surface area (Å²) >= 11 is 0. The lowest BCUT2D eigenvalue weighted by Crippen LogP contribution is -2.31. The Morgan fingerprint density at radius 2 is 1.81 bits per heavy atom. The minimum Gasteiger partial charge on any atom is -0.326 e. The maximum Gasteiger partial charge on any atom is 0.01000 e. The molecular formula is C15H23N. The molecule has 1 aromatic carbocycles. The van der Waals surface area contributed by atoms with Crippen molar-refractivity contribution in [3.63, 3.8) is 0 Å². The summed E-state index contributed by atoms with van der Waals surface area (Å²) in [5, 5.41) is 0. The highest BCUT2D eigenvalue weighted by atomic mass is 14.7. The fourth-order valence-corrected chi connectivity index (χ4v) is 1.54. The van der Waals surface area contributed by atoms with Crippen molar-refractivity contribution in [3.8, 4) is 0 Å². The van der Waals surface area contributed by atoms with E-state index in [1.807, 2.05) is 0 Å².